The average molecular weight is 238 g/mol. The minimum absolute atomic E-state index is 0.477. The van der Waals surface area contributed by atoms with Gasteiger partial charge in [0.15, 0.2) is 5.82 Å². The molecule has 1 heterocycles. The number of aryl methyl sites for hydroxylation is 1. The maximum absolute atomic E-state index is 5.97. The highest BCUT2D eigenvalue weighted by Crippen LogP contribution is 2.26. The molecule has 0 saturated heterocycles. The van der Waals surface area contributed by atoms with Crippen molar-refractivity contribution in [2.24, 2.45) is 5.92 Å². The second-order valence-electron chi connectivity index (χ2n) is 4.46. The fourth-order valence-corrected chi connectivity index (χ4v) is 1.30. The first-order valence-electron chi connectivity index (χ1n) is 6.05. The summed E-state index contributed by atoms with van der Waals surface area (Å²) in [4.78, 5) is 8.49. The van der Waals surface area contributed by atoms with Crippen molar-refractivity contribution in [2.75, 3.05) is 24.2 Å². The third-order valence-corrected chi connectivity index (χ3v) is 2.14. The topological polar surface area (TPSA) is 73.1 Å². The third kappa shape index (κ3) is 4.09. The Morgan fingerprint density at radius 2 is 2.06 bits per heavy atom. The Bertz CT molecular complexity index is 366. The number of hydrogen-bond donors (Lipinski definition) is 2. The van der Waals surface area contributed by atoms with Crippen LogP contribution in [0.25, 0.3) is 0 Å². The molecule has 0 radical (unpaired) electrons. The quantitative estimate of drug-likeness (QED) is 0.795. The highest BCUT2D eigenvalue weighted by atomic mass is 16.5. The SMILES string of the molecule is CCCOc1nc(C)nc(NCC(C)C)c1N. The molecule has 0 saturated carbocycles. The standard InChI is InChI=1S/C12H22N4O/c1-5-6-17-12-10(13)11(14-7-8(2)3)15-9(4)16-12/h8H,5-7,13H2,1-4H3,(H,14,15,16). The van der Waals surface area contributed by atoms with Crippen LogP contribution in [-0.4, -0.2) is 23.1 Å². The molecular formula is C12H22N4O. The predicted molar refractivity (Wildman–Crippen MR) is 70.3 cm³/mol. The molecule has 0 unspecified atom stereocenters. The first kappa shape index (κ1) is 13.5. The van der Waals surface area contributed by atoms with Crippen molar-refractivity contribution in [3.05, 3.63) is 5.82 Å². The van der Waals surface area contributed by atoms with E-state index in [2.05, 4.69) is 29.1 Å². The Morgan fingerprint density at radius 3 is 2.65 bits per heavy atom. The van der Waals surface area contributed by atoms with E-state index in [9.17, 15) is 0 Å². The Morgan fingerprint density at radius 1 is 1.35 bits per heavy atom. The van der Waals surface area contributed by atoms with E-state index >= 15 is 0 Å². The summed E-state index contributed by atoms with van der Waals surface area (Å²) in [6, 6.07) is 0. The maximum Gasteiger partial charge on any atom is 0.242 e. The van der Waals surface area contributed by atoms with Gasteiger partial charge in [0.05, 0.1) is 6.61 Å². The minimum Gasteiger partial charge on any atom is -0.476 e. The van der Waals surface area contributed by atoms with Gasteiger partial charge in [0.2, 0.25) is 5.88 Å². The van der Waals surface area contributed by atoms with Crippen LogP contribution in [0.1, 0.15) is 33.0 Å². The second kappa shape index (κ2) is 6.27. The van der Waals surface area contributed by atoms with Gasteiger partial charge >= 0.3 is 0 Å². The van der Waals surface area contributed by atoms with E-state index in [-0.39, 0.29) is 0 Å². The lowest BCUT2D eigenvalue weighted by Crippen LogP contribution is -2.13. The molecule has 1 aromatic heterocycles. The second-order valence-corrected chi connectivity index (χ2v) is 4.46. The Kier molecular flexibility index (Phi) is 5.00. The average Bonchev–Trinajstić information content (AvgIpc) is 2.27. The van der Waals surface area contributed by atoms with Crippen molar-refractivity contribution in [1.29, 1.82) is 0 Å². The Labute approximate surface area is 103 Å². The van der Waals surface area contributed by atoms with Crippen molar-refractivity contribution < 1.29 is 4.74 Å². The number of ether oxygens (including phenoxy) is 1. The first-order chi connectivity index (χ1) is 8.04. The van der Waals surface area contributed by atoms with Crippen LogP contribution in [0.15, 0.2) is 0 Å². The van der Waals surface area contributed by atoms with Crippen LogP contribution in [-0.2, 0) is 0 Å². The smallest absolute Gasteiger partial charge is 0.242 e. The summed E-state index contributed by atoms with van der Waals surface area (Å²) < 4.78 is 5.50. The lowest BCUT2D eigenvalue weighted by atomic mass is 10.2. The molecule has 0 spiro atoms. The predicted octanol–water partition coefficient (Wildman–Crippen LogP) is 2.22. The third-order valence-electron chi connectivity index (χ3n) is 2.14. The van der Waals surface area contributed by atoms with Gasteiger partial charge in [0.1, 0.15) is 11.5 Å². The van der Waals surface area contributed by atoms with Crippen LogP contribution in [0, 0.1) is 12.8 Å². The van der Waals surface area contributed by atoms with Crippen LogP contribution in [0.5, 0.6) is 5.88 Å². The van der Waals surface area contributed by atoms with Crippen molar-refractivity contribution in [3.63, 3.8) is 0 Å². The van der Waals surface area contributed by atoms with E-state index in [1.807, 2.05) is 13.8 Å². The molecular weight excluding hydrogens is 216 g/mol. The van der Waals surface area contributed by atoms with E-state index in [0.29, 0.717) is 35.7 Å². The summed E-state index contributed by atoms with van der Waals surface area (Å²) in [6.45, 7) is 9.58. The highest BCUT2D eigenvalue weighted by Gasteiger charge is 2.11. The van der Waals surface area contributed by atoms with Crippen LogP contribution in [0.3, 0.4) is 0 Å². The van der Waals surface area contributed by atoms with E-state index in [0.717, 1.165) is 13.0 Å². The number of hydrogen-bond acceptors (Lipinski definition) is 5. The summed E-state index contributed by atoms with van der Waals surface area (Å²) >= 11 is 0. The zero-order chi connectivity index (χ0) is 12.8. The van der Waals surface area contributed by atoms with E-state index in [1.165, 1.54) is 0 Å². The molecule has 3 N–H and O–H groups in total. The van der Waals surface area contributed by atoms with Gasteiger partial charge in [-0.05, 0) is 19.3 Å². The van der Waals surface area contributed by atoms with Gasteiger partial charge in [-0.15, -0.1) is 0 Å². The number of nitrogens with zero attached hydrogens (tertiary/aromatic N) is 2. The molecule has 0 fully saturated rings. The van der Waals surface area contributed by atoms with Crippen LogP contribution in [0.4, 0.5) is 11.5 Å². The Hall–Kier alpha value is -1.52. The van der Waals surface area contributed by atoms with Gasteiger partial charge in [-0.25, -0.2) is 4.98 Å². The number of anilines is 2. The lowest BCUT2D eigenvalue weighted by Gasteiger charge is -2.14. The first-order valence-corrected chi connectivity index (χ1v) is 6.05. The van der Waals surface area contributed by atoms with Gasteiger partial charge < -0.3 is 15.8 Å². The number of nitrogens with one attached hydrogen (secondary N) is 1. The molecule has 0 aliphatic heterocycles. The zero-order valence-electron chi connectivity index (χ0n) is 11.1. The molecule has 0 aliphatic carbocycles. The molecule has 0 aliphatic rings. The number of nitrogen functional groups attached to an aromatic ring is 1. The van der Waals surface area contributed by atoms with E-state index in [1.54, 1.807) is 0 Å². The largest absolute Gasteiger partial charge is 0.476 e. The van der Waals surface area contributed by atoms with Crippen LogP contribution < -0.4 is 15.8 Å². The molecule has 5 nitrogen and oxygen atoms in total. The van der Waals surface area contributed by atoms with Crippen molar-refractivity contribution in [3.8, 4) is 5.88 Å². The van der Waals surface area contributed by atoms with Crippen molar-refractivity contribution in [1.82, 2.24) is 9.97 Å². The molecule has 96 valence electrons. The maximum atomic E-state index is 5.97. The highest BCUT2D eigenvalue weighted by molar-refractivity contribution is 5.66. The molecule has 0 atom stereocenters. The lowest BCUT2D eigenvalue weighted by molar-refractivity contribution is 0.306. The normalized spacial score (nSPS) is 10.6. The fourth-order valence-electron chi connectivity index (χ4n) is 1.30. The summed E-state index contributed by atoms with van der Waals surface area (Å²) in [5.74, 6) is 2.34. The summed E-state index contributed by atoms with van der Waals surface area (Å²) in [6.07, 6.45) is 0.928. The molecule has 5 heteroatoms. The van der Waals surface area contributed by atoms with Gasteiger partial charge in [0, 0.05) is 6.54 Å². The molecule has 0 bridgehead atoms. The van der Waals surface area contributed by atoms with Gasteiger partial charge in [-0.1, -0.05) is 20.8 Å². The van der Waals surface area contributed by atoms with Crippen LogP contribution >= 0.6 is 0 Å². The van der Waals surface area contributed by atoms with Gasteiger partial charge in [-0.3, -0.25) is 0 Å². The number of nitrogens with two attached hydrogens (primary N) is 1. The summed E-state index contributed by atoms with van der Waals surface area (Å²) in [5.41, 5.74) is 6.46. The summed E-state index contributed by atoms with van der Waals surface area (Å²) in [5, 5.41) is 3.21. The van der Waals surface area contributed by atoms with Gasteiger partial charge in [0.25, 0.3) is 0 Å². The number of rotatable bonds is 6. The fraction of sp³-hybridized carbons (Fsp3) is 0.667. The molecule has 17 heavy (non-hydrogen) atoms. The number of aromatic nitrogens is 2. The van der Waals surface area contributed by atoms with E-state index < -0.39 is 0 Å². The molecule has 1 aromatic rings. The monoisotopic (exact) mass is 238 g/mol. The summed E-state index contributed by atoms with van der Waals surface area (Å²) in [7, 11) is 0. The van der Waals surface area contributed by atoms with Gasteiger partial charge in [-0.2, -0.15) is 4.98 Å². The molecule has 0 amide bonds. The van der Waals surface area contributed by atoms with Crippen molar-refractivity contribution in [2.45, 2.75) is 34.1 Å². The zero-order valence-corrected chi connectivity index (χ0v) is 11.1. The molecule has 1 rings (SSSR count). The van der Waals surface area contributed by atoms with Crippen molar-refractivity contribution >= 4 is 11.5 Å². The van der Waals surface area contributed by atoms with Crippen LogP contribution in [0.2, 0.25) is 0 Å². The minimum atomic E-state index is 0.477. The molecule has 0 aromatic carbocycles. The Balaban J connectivity index is 2.85. The van der Waals surface area contributed by atoms with E-state index in [4.69, 9.17) is 10.5 Å².